The van der Waals surface area contributed by atoms with Crippen LogP contribution in [0.4, 0.5) is 4.79 Å². The zero-order valence-electron chi connectivity index (χ0n) is 13.2. The molecule has 1 N–H and O–H groups in total. The van der Waals surface area contributed by atoms with Gasteiger partial charge in [-0.05, 0) is 32.4 Å². The number of likely N-dealkylation sites (N-methyl/N-ethyl adjacent to an activating group) is 1. The fraction of sp³-hybridized carbons (Fsp3) is 0.562. The van der Waals surface area contributed by atoms with Crippen molar-refractivity contribution in [2.24, 2.45) is 0 Å². The second kappa shape index (κ2) is 6.71. The molecule has 0 radical (unpaired) electrons. The van der Waals surface area contributed by atoms with E-state index in [0.29, 0.717) is 12.6 Å². The van der Waals surface area contributed by atoms with E-state index in [9.17, 15) is 4.79 Å². The Bertz CT molecular complexity index is 499. The second-order valence-corrected chi connectivity index (χ2v) is 7.32. The Hall–Kier alpha value is -1.20. The van der Waals surface area contributed by atoms with Crippen LogP contribution in [-0.4, -0.2) is 42.5 Å². The molecule has 2 rings (SSSR count). The van der Waals surface area contributed by atoms with Gasteiger partial charge in [-0.2, -0.15) is 0 Å². The second-order valence-electron chi connectivity index (χ2n) is 6.26. The molecule has 4 nitrogen and oxygen atoms in total. The molecule has 1 aromatic carbocycles. The molecule has 0 aromatic heterocycles. The van der Waals surface area contributed by atoms with Gasteiger partial charge in [0.2, 0.25) is 0 Å². The maximum Gasteiger partial charge on any atom is 0.410 e. The van der Waals surface area contributed by atoms with E-state index in [2.05, 4.69) is 29.6 Å². The third-order valence-electron chi connectivity index (χ3n) is 3.24. The van der Waals surface area contributed by atoms with E-state index >= 15 is 0 Å². The fourth-order valence-electron chi connectivity index (χ4n) is 2.17. The molecule has 1 aromatic rings. The van der Waals surface area contributed by atoms with Gasteiger partial charge in [-0.25, -0.2) is 4.79 Å². The first kappa shape index (κ1) is 16.2. The lowest BCUT2D eigenvalue weighted by Gasteiger charge is -2.25. The molecule has 0 saturated heterocycles. The zero-order valence-corrected chi connectivity index (χ0v) is 14.0. The smallest absolute Gasteiger partial charge is 0.410 e. The first-order valence-corrected chi connectivity index (χ1v) is 8.24. The van der Waals surface area contributed by atoms with E-state index in [1.165, 1.54) is 10.5 Å². The van der Waals surface area contributed by atoms with E-state index in [1.807, 2.05) is 32.5 Å². The van der Waals surface area contributed by atoms with Crippen molar-refractivity contribution >= 4 is 17.9 Å². The van der Waals surface area contributed by atoms with Crippen LogP contribution in [0, 0.1) is 0 Å². The minimum atomic E-state index is -0.445. The number of nitrogens with zero attached hydrogens (tertiary/aromatic N) is 1. The number of nitrogens with one attached hydrogen (secondary N) is 1. The topological polar surface area (TPSA) is 41.6 Å². The largest absolute Gasteiger partial charge is 0.444 e. The highest BCUT2D eigenvalue weighted by Gasteiger charge is 2.23. The minimum Gasteiger partial charge on any atom is -0.444 e. The number of carbonyl (C=O) groups is 1. The molecule has 0 saturated carbocycles. The van der Waals surface area contributed by atoms with Crippen molar-refractivity contribution in [3.8, 4) is 0 Å². The molecular formula is C16H24N2O2S. The molecule has 0 bridgehead atoms. The van der Waals surface area contributed by atoms with Gasteiger partial charge >= 0.3 is 6.09 Å². The summed E-state index contributed by atoms with van der Waals surface area (Å²) >= 11 is 1.88. The standard InChI is InChI=1S/C16H24N2O2S/c1-16(2,3)20-15(19)18(4)10-9-17-13-11-21-14-8-6-5-7-12(13)14/h5-8,13,17H,9-11H2,1-4H3. The van der Waals surface area contributed by atoms with Crippen LogP contribution in [-0.2, 0) is 4.74 Å². The summed E-state index contributed by atoms with van der Waals surface area (Å²) in [6, 6.07) is 8.86. The number of carbonyl (C=O) groups excluding carboxylic acids is 1. The Morgan fingerprint density at radius 2 is 2.14 bits per heavy atom. The van der Waals surface area contributed by atoms with Gasteiger partial charge in [0.25, 0.3) is 0 Å². The fourth-order valence-corrected chi connectivity index (χ4v) is 3.36. The summed E-state index contributed by atoms with van der Waals surface area (Å²) in [6.07, 6.45) is -0.273. The summed E-state index contributed by atoms with van der Waals surface area (Å²) in [7, 11) is 1.77. The Labute approximate surface area is 131 Å². The maximum absolute atomic E-state index is 11.9. The van der Waals surface area contributed by atoms with Crippen LogP contribution in [0.1, 0.15) is 32.4 Å². The molecule has 1 aliphatic rings. The van der Waals surface area contributed by atoms with E-state index in [0.717, 1.165) is 12.3 Å². The SMILES string of the molecule is CN(CCNC1CSc2ccccc21)C(=O)OC(C)(C)C. The van der Waals surface area contributed by atoms with Crippen LogP contribution in [0.2, 0.25) is 0 Å². The third-order valence-corrected chi connectivity index (χ3v) is 4.43. The number of amides is 1. The average Bonchev–Trinajstić information content (AvgIpc) is 2.80. The van der Waals surface area contributed by atoms with Gasteiger partial charge in [-0.1, -0.05) is 18.2 Å². The van der Waals surface area contributed by atoms with Crippen LogP contribution in [0.5, 0.6) is 0 Å². The molecule has 116 valence electrons. The number of fused-ring (bicyclic) bond motifs is 1. The van der Waals surface area contributed by atoms with Crippen molar-refractivity contribution in [2.75, 3.05) is 25.9 Å². The number of hydrogen-bond acceptors (Lipinski definition) is 4. The maximum atomic E-state index is 11.9. The minimum absolute atomic E-state index is 0.273. The number of ether oxygens (including phenoxy) is 1. The van der Waals surface area contributed by atoms with Gasteiger partial charge in [0.1, 0.15) is 5.60 Å². The molecule has 0 aliphatic carbocycles. The third kappa shape index (κ3) is 4.64. The van der Waals surface area contributed by atoms with Gasteiger partial charge in [-0.15, -0.1) is 11.8 Å². The van der Waals surface area contributed by atoms with Crippen molar-refractivity contribution in [2.45, 2.75) is 37.3 Å². The summed E-state index contributed by atoms with van der Waals surface area (Å²) in [4.78, 5) is 14.8. The Kier molecular flexibility index (Phi) is 5.17. The molecule has 1 atom stereocenters. The molecule has 1 unspecified atom stereocenters. The van der Waals surface area contributed by atoms with Gasteiger partial charge in [-0.3, -0.25) is 0 Å². The van der Waals surface area contributed by atoms with Crippen molar-refractivity contribution < 1.29 is 9.53 Å². The van der Waals surface area contributed by atoms with Crippen LogP contribution in [0.15, 0.2) is 29.2 Å². The molecule has 5 heteroatoms. The Balaban J connectivity index is 1.76. The lowest BCUT2D eigenvalue weighted by atomic mass is 10.1. The summed E-state index contributed by atoms with van der Waals surface area (Å²) < 4.78 is 5.33. The Morgan fingerprint density at radius 1 is 1.43 bits per heavy atom. The number of hydrogen-bond donors (Lipinski definition) is 1. The van der Waals surface area contributed by atoms with Crippen molar-refractivity contribution in [3.63, 3.8) is 0 Å². The summed E-state index contributed by atoms with van der Waals surface area (Å²) in [5.41, 5.74) is 0.919. The highest BCUT2D eigenvalue weighted by Crippen LogP contribution is 2.37. The zero-order chi connectivity index (χ0) is 15.5. The van der Waals surface area contributed by atoms with Gasteiger partial charge in [0, 0.05) is 36.8 Å². The Morgan fingerprint density at radius 3 is 2.86 bits per heavy atom. The molecule has 0 fully saturated rings. The van der Waals surface area contributed by atoms with Gasteiger partial charge in [0.05, 0.1) is 0 Å². The van der Waals surface area contributed by atoms with E-state index < -0.39 is 5.60 Å². The highest BCUT2D eigenvalue weighted by molar-refractivity contribution is 7.99. The quantitative estimate of drug-likeness (QED) is 0.927. The molecule has 0 spiro atoms. The molecule has 21 heavy (non-hydrogen) atoms. The number of rotatable bonds is 4. The van der Waals surface area contributed by atoms with E-state index in [1.54, 1.807) is 11.9 Å². The highest BCUT2D eigenvalue weighted by atomic mass is 32.2. The van der Waals surface area contributed by atoms with Crippen molar-refractivity contribution in [1.29, 1.82) is 0 Å². The number of benzene rings is 1. The first-order chi connectivity index (χ1) is 9.87. The predicted molar refractivity (Wildman–Crippen MR) is 86.8 cm³/mol. The van der Waals surface area contributed by atoms with Gasteiger partial charge < -0.3 is 15.0 Å². The van der Waals surface area contributed by atoms with Crippen LogP contribution in [0.25, 0.3) is 0 Å². The van der Waals surface area contributed by atoms with Crippen molar-refractivity contribution in [3.05, 3.63) is 29.8 Å². The average molecular weight is 308 g/mol. The normalized spacial score (nSPS) is 17.4. The molecular weight excluding hydrogens is 284 g/mol. The molecule has 1 aliphatic heterocycles. The van der Waals surface area contributed by atoms with E-state index in [4.69, 9.17) is 4.74 Å². The van der Waals surface area contributed by atoms with Crippen molar-refractivity contribution in [1.82, 2.24) is 10.2 Å². The monoisotopic (exact) mass is 308 g/mol. The lowest BCUT2D eigenvalue weighted by molar-refractivity contribution is 0.0299. The predicted octanol–water partition coefficient (Wildman–Crippen LogP) is 3.29. The van der Waals surface area contributed by atoms with Crippen LogP contribution >= 0.6 is 11.8 Å². The lowest BCUT2D eigenvalue weighted by Crippen LogP contribution is -2.38. The van der Waals surface area contributed by atoms with Crippen LogP contribution < -0.4 is 5.32 Å². The van der Waals surface area contributed by atoms with E-state index in [-0.39, 0.29) is 6.09 Å². The van der Waals surface area contributed by atoms with Gasteiger partial charge in [0.15, 0.2) is 0 Å². The summed E-state index contributed by atoms with van der Waals surface area (Å²) in [6.45, 7) is 7.03. The molecule has 1 amide bonds. The number of thioether (sulfide) groups is 1. The van der Waals surface area contributed by atoms with Crippen LogP contribution in [0.3, 0.4) is 0 Å². The summed E-state index contributed by atoms with van der Waals surface area (Å²) in [5.74, 6) is 1.05. The molecule has 1 heterocycles. The summed E-state index contributed by atoms with van der Waals surface area (Å²) in [5, 5.41) is 3.52. The first-order valence-electron chi connectivity index (χ1n) is 7.26.